The average molecular weight is 354 g/mol. The predicted molar refractivity (Wildman–Crippen MR) is 101 cm³/mol. The number of benzene rings is 1. The van der Waals surface area contributed by atoms with Gasteiger partial charge in [0.15, 0.2) is 11.6 Å². The molecule has 0 saturated heterocycles. The van der Waals surface area contributed by atoms with E-state index in [2.05, 4.69) is 10.3 Å². The van der Waals surface area contributed by atoms with Crippen LogP contribution in [0.1, 0.15) is 44.1 Å². The van der Waals surface area contributed by atoms with Gasteiger partial charge in [0.25, 0.3) is 0 Å². The number of carbonyl (C=O) groups is 1. The first-order chi connectivity index (χ1) is 12.7. The fourth-order valence-corrected chi connectivity index (χ4v) is 3.33. The van der Waals surface area contributed by atoms with Crippen LogP contribution in [0.2, 0.25) is 0 Å². The minimum atomic E-state index is -0.144. The number of aryl methyl sites for hydroxylation is 1. The molecule has 5 nitrogen and oxygen atoms in total. The molecule has 1 aliphatic rings. The van der Waals surface area contributed by atoms with Crippen LogP contribution in [0.5, 0.6) is 11.5 Å². The first-order valence-corrected chi connectivity index (χ1v) is 9.37. The number of hydrogen-bond donors (Lipinski definition) is 2. The Morgan fingerprint density at radius 1 is 1.15 bits per heavy atom. The molecule has 1 fully saturated rings. The Balaban J connectivity index is 1.53. The van der Waals surface area contributed by atoms with E-state index in [1.807, 2.05) is 24.3 Å². The molecule has 0 spiro atoms. The minimum Gasteiger partial charge on any atom is -0.508 e. The molecule has 1 saturated carbocycles. The van der Waals surface area contributed by atoms with E-state index in [-0.39, 0.29) is 18.1 Å². The number of nitrogens with zero attached hydrogens (tertiary/aromatic N) is 1. The number of aromatic nitrogens is 1. The monoisotopic (exact) mass is 354 g/mol. The van der Waals surface area contributed by atoms with E-state index in [4.69, 9.17) is 4.74 Å². The Labute approximate surface area is 154 Å². The van der Waals surface area contributed by atoms with Crippen LogP contribution in [0.15, 0.2) is 42.6 Å². The third-order valence-corrected chi connectivity index (χ3v) is 4.84. The molecule has 0 bridgehead atoms. The molecule has 0 atom stereocenters. The summed E-state index contributed by atoms with van der Waals surface area (Å²) in [5.74, 6) is 1.75. The number of amides is 1. The first kappa shape index (κ1) is 18.2. The molecule has 3 rings (SSSR count). The van der Waals surface area contributed by atoms with E-state index < -0.39 is 0 Å². The fraction of sp³-hybridized carbons (Fsp3) is 0.429. The standard InChI is InChI=1S/C21H26N2O3/c24-18-10-5-4-9-17(18)12-13-20(25)23-21-19(11-6-14-22-21)26-15-16-7-2-1-3-8-16/h4-6,9-11,14,16,24H,1-3,7-8,12-13,15H2,(H,22,23,25). The molecule has 138 valence electrons. The third-order valence-electron chi connectivity index (χ3n) is 4.84. The van der Waals surface area contributed by atoms with Crippen molar-refractivity contribution in [1.29, 1.82) is 0 Å². The molecule has 1 aromatic heterocycles. The number of anilines is 1. The number of ether oxygens (including phenoxy) is 1. The molecule has 5 heteroatoms. The summed E-state index contributed by atoms with van der Waals surface area (Å²) in [7, 11) is 0. The zero-order valence-corrected chi connectivity index (χ0v) is 15.0. The number of para-hydroxylation sites is 1. The highest BCUT2D eigenvalue weighted by atomic mass is 16.5. The second-order valence-corrected chi connectivity index (χ2v) is 6.84. The molecule has 0 unspecified atom stereocenters. The average Bonchev–Trinajstić information content (AvgIpc) is 2.67. The SMILES string of the molecule is O=C(CCc1ccccc1O)Nc1ncccc1OCC1CCCCC1. The van der Waals surface area contributed by atoms with Crippen LogP contribution in [-0.2, 0) is 11.2 Å². The fourth-order valence-electron chi connectivity index (χ4n) is 3.33. The van der Waals surface area contributed by atoms with Gasteiger partial charge in [0.05, 0.1) is 6.61 Å². The van der Waals surface area contributed by atoms with Crippen LogP contribution in [0, 0.1) is 5.92 Å². The van der Waals surface area contributed by atoms with E-state index in [0.717, 1.165) is 5.56 Å². The Hall–Kier alpha value is -2.56. The summed E-state index contributed by atoms with van der Waals surface area (Å²) < 4.78 is 5.94. The van der Waals surface area contributed by atoms with Crippen molar-refractivity contribution in [3.05, 3.63) is 48.2 Å². The number of phenolic OH excluding ortho intramolecular Hbond substituents is 1. The molecule has 1 amide bonds. The Kier molecular flexibility index (Phi) is 6.47. The lowest BCUT2D eigenvalue weighted by atomic mass is 9.90. The van der Waals surface area contributed by atoms with Gasteiger partial charge in [0.1, 0.15) is 5.75 Å². The van der Waals surface area contributed by atoms with Crippen molar-refractivity contribution in [3.63, 3.8) is 0 Å². The lowest BCUT2D eigenvalue weighted by Gasteiger charge is -2.22. The van der Waals surface area contributed by atoms with E-state index in [1.54, 1.807) is 18.3 Å². The number of carbonyl (C=O) groups excluding carboxylic acids is 1. The van der Waals surface area contributed by atoms with Crippen molar-refractivity contribution >= 4 is 11.7 Å². The molecule has 1 heterocycles. The van der Waals surface area contributed by atoms with Gasteiger partial charge >= 0.3 is 0 Å². The lowest BCUT2D eigenvalue weighted by Crippen LogP contribution is -2.18. The molecule has 1 aromatic carbocycles. The molecule has 2 aromatic rings. The summed E-state index contributed by atoms with van der Waals surface area (Å²) in [4.78, 5) is 16.5. The highest BCUT2D eigenvalue weighted by Crippen LogP contribution is 2.27. The number of hydrogen-bond acceptors (Lipinski definition) is 4. The lowest BCUT2D eigenvalue weighted by molar-refractivity contribution is -0.116. The third kappa shape index (κ3) is 5.22. The van der Waals surface area contributed by atoms with Crippen LogP contribution in [0.4, 0.5) is 5.82 Å². The Morgan fingerprint density at radius 2 is 1.96 bits per heavy atom. The van der Waals surface area contributed by atoms with E-state index in [0.29, 0.717) is 30.5 Å². The summed E-state index contributed by atoms with van der Waals surface area (Å²) in [6.07, 6.45) is 8.69. The van der Waals surface area contributed by atoms with Gasteiger partial charge in [0, 0.05) is 12.6 Å². The molecule has 2 N–H and O–H groups in total. The summed E-state index contributed by atoms with van der Waals surface area (Å²) in [5, 5.41) is 12.6. The Bertz CT molecular complexity index is 727. The zero-order valence-electron chi connectivity index (χ0n) is 15.0. The molecule has 0 aliphatic heterocycles. The number of pyridine rings is 1. The number of rotatable bonds is 7. The van der Waals surface area contributed by atoms with Crippen LogP contribution in [0.3, 0.4) is 0 Å². The van der Waals surface area contributed by atoms with Gasteiger partial charge in [-0.3, -0.25) is 4.79 Å². The van der Waals surface area contributed by atoms with Crippen LogP contribution >= 0.6 is 0 Å². The summed E-state index contributed by atoms with van der Waals surface area (Å²) in [6, 6.07) is 10.7. The Morgan fingerprint density at radius 3 is 2.77 bits per heavy atom. The van der Waals surface area contributed by atoms with Crippen molar-refractivity contribution in [2.24, 2.45) is 5.92 Å². The van der Waals surface area contributed by atoms with Crippen molar-refractivity contribution in [3.8, 4) is 11.5 Å². The van der Waals surface area contributed by atoms with Gasteiger partial charge < -0.3 is 15.2 Å². The van der Waals surface area contributed by atoms with Crippen molar-refractivity contribution in [2.45, 2.75) is 44.9 Å². The largest absolute Gasteiger partial charge is 0.508 e. The second kappa shape index (κ2) is 9.22. The summed E-state index contributed by atoms with van der Waals surface area (Å²) in [5.41, 5.74) is 0.762. The molecule has 0 radical (unpaired) electrons. The smallest absolute Gasteiger partial charge is 0.225 e. The van der Waals surface area contributed by atoms with Gasteiger partial charge in [-0.05, 0) is 48.9 Å². The van der Waals surface area contributed by atoms with E-state index in [9.17, 15) is 9.90 Å². The second-order valence-electron chi connectivity index (χ2n) is 6.84. The maximum absolute atomic E-state index is 12.3. The number of phenols is 1. The van der Waals surface area contributed by atoms with Crippen molar-refractivity contribution < 1.29 is 14.6 Å². The van der Waals surface area contributed by atoms with Gasteiger partial charge in [-0.15, -0.1) is 0 Å². The molecular weight excluding hydrogens is 328 g/mol. The van der Waals surface area contributed by atoms with Gasteiger partial charge in [-0.1, -0.05) is 37.5 Å². The topological polar surface area (TPSA) is 71.5 Å². The molecular formula is C21H26N2O3. The number of nitrogens with one attached hydrogen (secondary N) is 1. The highest BCUT2D eigenvalue weighted by molar-refractivity contribution is 5.91. The predicted octanol–water partition coefficient (Wildman–Crippen LogP) is 4.32. The first-order valence-electron chi connectivity index (χ1n) is 9.37. The van der Waals surface area contributed by atoms with Crippen molar-refractivity contribution in [1.82, 2.24) is 4.98 Å². The van der Waals surface area contributed by atoms with E-state index >= 15 is 0 Å². The van der Waals surface area contributed by atoms with Crippen molar-refractivity contribution in [2.75, 3.05) is 11.9 Å². The molecule has 26 heavy (non-hydrogen) atoms. The van der Waals surface area contributed by atoms with Crippen LogP contribution < -0.4 is 10.1 Å². The number of aromatic hydroxyl groups is 1. The summed E-state index contributed by atoms with van der Waals surface area (Å²) in [6.45, 7) is 0.673. The van der Waals surface area contributed by atoms with Gasteiger partial charge in [0.2, 0.25) is 5.91 Å². The van der Waals surface area contributed by atoms with E-state index in [1.165, 1.54) is 32.1 Å². The highest BCUT2D eigenvalue weighted by Gasteiger charge is 2.16. The maximum atomic E-state index is 12.3. The van der Waals surface area contributed by atoms with Gasteiger partial charge in [-0.2, -0.15) is 0 Å². The zero-order chi connectivity index (χ0) is 18.2. The van der Waals surface area contributed by atoms with Gasteiger partial charge in [-0.25, -0.2) is 4.98 Å². The quantitative estimate of drug-likeness (QED) is 0.777. The molecule has 1 aliphatic carbocycles. The maximum Gasteiger partial charge on any atom is 0.225 e. The van der Waals surface area contributed by atoms with Crippen LogP contribution in [0.25, 0.3) is 0 Å². The normalized spacial score (nSPS) is 14.8. The minimum absolute atomic E-state index is 0.144. The summed E-state index contributed by atoms with van der Waals surface area (Å²) >= 11 is 0. The van der Waals surface area contributed by atoms with Crippen LogP contribution in [-0.4, -0.2) is 22.6 Å².